The maximum Gasteiger partial charge on any atom is 0.419 e. The standard InChI is InChI=1S/C10H9F3N4/c1-6-8(14)2-3-9(16-6)17-5-7(4-15-17)10(11,12)13/h2-5H,14H2,1H3. The van der Waals surface area contributed by atoms with Crippen molar-refractivity contribution in [3.05, 3.63) is 35.8 Å². The van der Waals surface area contributed by atoms with Crippen molar-refractivity contribution in [2.75, 3.05) is 5.73 Å². The molecule has 2 rings (SSSR count). The molecule has 0 saturated carbocycles. The molecule has 0 fully saturated rings. The van der Waals surface area contributed by atoms with E-state index in [9.17, 15) is 13.2 Å². The second-order valence-electron chi connectivity index (χ2n) is 3.52. The van der Waals surface area contributed by atoms with Gasteiger partial charge in [0, 0.05) is 6.20 Å². The molecule has 0 aliphatic heterocycles. The van der Waals surface area contributed by atoms with Crippen LogP contribution in [0.25, 0.3) is 5.82 Å². The Morgan fingerprint density at radius 2 is 2.00 bits per heavy atom. The predicted molar refractivity (Wildman–Crippen MR) is 55.5 cm³/mol. The topological polar surface area (TPSA) is 56.7 Å². The highest BCUT2D eigenvalue weighted by atomic mass is 19.4. The number of hydrogen-bond donors (Lipinski definition) is 1. The molecule has 2 aromatic heterocycles. The molecule has 2 heterocycles. The smallest absolute Gasteiger partial charge is 0.397 e. The first-order valence-corrected chi connectivity index (χ1v) is 4.73. The Bertz CT molecular complexity index is 545. The van der Waals surface area contributed by atoms with E-state index >= 15 is 0 Å². The minimum absolute atomic E-state index is 0.298. The summed E-state index contributed by atoms with van der Waals surface area (Å²) in [6.07, 6.45) is -2.76. The number of anilines is 1. The SMILES string of the molecule is Cc1nc(-n2cc(C(F)(F)F)cn2)ccc1N. The molecule has 17 heavy (non-hydrogen) atoms. The number of nitrogens with two attached hydrogens (primary N) is 1. The Morgan fingerprint density at radius 1 is 1.29 bits per heavy atom. The van der Waals surface area contributed by atoms with Crippen LogP contribution in [0.2, 0.25) is 0 Å². The fraction of sp³-hybridized carbons (Fsp3) is 0.200. The Balaban J connectivity index is 2.40. The third kappa shape index (κ3) is 2.22. The summed E-state index contributed by atoms with van der Waals surface area (Å²) < 4.78 is 38.2. The first kappa shape index (κ1) is 11.4. The lowest BCUT2D eigenvalue weighted by Gasteiger charge is -2.04. The van der Waals surface area contributed by atoms with Crippen LogP contribution in [0.4, 0.5) is 18.9 Å². The predicted octanol–water partition coefficient (Wildman–Crippen LogP) is 2.18. The van der Waals surface area contributed by atoms with Crippen molar-refractivity contribution in [3.8, 4) is 5.82 Å². The molecular weight excluding hydrogens is 233 g/mol. The first-order chi connectivity index (χ1) is 7.88. The van der Waals surface area contributed by atoms with Crippen LogP contribution in [0, 0.1) is 6.92 Å². The van der Waals surface area contributed by atoms with Crippen molar-refractivity contribution in [2.45, 2.75) is 13.1 Å². The zero-order valence-corrected chi connectivity index (χ0v) is 8.86. The van der Waals surface area contributed by atoms with E-state index in [1.54, 1.807) is 13.0 Å². The summed E-state index contributed by atoms with van der Waals surface area (Å²) in [6, 6.07) is 3.09. The van der Waals surface area contributed by atoms with Gasteiger partial charge in [0.25, 0.3) is 0 Å². The van der Waals surface area contributed by atoms with Crippen LogP contribution in [0.5, 0.6) is 0 Å². The monoisotopic (exact) mass is 242 g/mol. The van der Waals surface area contributed by atoms with Crippen LogP contribution >= 0.6 is 0 Å². The summed E-state index contributed by atoms with van der Waals surface area (Å²) in [5, 5.41) is 3.62. The van der Waals surface area contributed by atoms with E-state index in [0.29, 0.717) is 17.2 Å². The summed E-state index contributed by atoms with van der Waals surface area (Å²) in [5.41, 5.74) is 5.79. The highest BCUT2D eigenvalue weighted by Gasteiger charge is 2.32. The molecule has 0 radical (unpaired) electrons. The molecule has 0 aliphatic rings. The highest BCUT2D eigenvalue weighted by molar-refractivity contribution is 5.45. The summed E-state index contributed by atoms with van der Waals surface area (Å²) in [6.45, 7) is 1.67. The summed E-state index contributed by atoms with van der Waals surface area (Å²) in [4.78, 5) is 4.05. The quantitative estimate of drug-likeness (QED) is 0.833. The third-order valence-electron chi connectivity index (χ3n) is 2.26. The number of aryl methyl sites for hydroxylation is 1. The van der Waals surface area contributed by atoms with Crippen LogP contribution < -0.4 is 5.73 Å². The molecule has 7 heteroatoms. The van der Waals surface area contributed by atoms with Gasteiger partial charge in [0.2, 0.25) is 0 Å². The number of rotatable bonds is 1. The molecule has 4 nitrogen and oxygen atoms in total. The van der Waals surface area contributed by atoms with Gasteiger partial charge in [0.15, 0.2) is 5.82 Å². The van der Waals surface area contributed by atoms with Crippen molar-refractivity contribution in [3.63, 3.8) is 0 Å². The average molecular weight is 242 g/mol. The first-order valence-electron chi connectivity index (χ1n) is 4.73. The van der Waals surface area contributed by atoms with E-state index in [2.05, 4.69) is 10.1 Å². The van der Waals surface area contributed by atoms with Gasteiger partial charge in [-0.3, -0.25) is 0 Å². The van der Waals surface area contributed by atoms with Gasteiger partial charge in [-0.15, -0.1) is 0 Å². The summed E-state index contributed by atoms with van der Waals surface area (Å²) >= 11 is 0. The molecule has 2 aromatic rings. The molecule has 0 amide bonds. The summed E-state index contributed by atoms with van der Waals surface area (Å²) in [7, 11) is 0. The molecule has 0 unspecified atom stereocenters. The number of nitrogen functional groups attached to an aromatic ring is 1. The van der Waals surface area contributed by atoms with E-state index in [1.807, 2.05) is 0 Å². The molecule has 90 valence electrons. The number of nitrogens with zero attached hydrogens (tertiary/aromatic N) is 3. The van der Waals surface area contributed by atoms with E-state index in [-0.39, 0.29) is 0 Å². The van der Waals surface area contributed by atoms with Gasteiger partial charge >= 0.3 is 6.18 Å². The van der Waals surface area contributed by atoms with Crippen LogP contribution in [-0.2, 0) is 6.18 Å². The molecule has 2 N–H and O–H groups in total. The van der Waals surface area contributed by atoms with Gasteiger partial charge in [0.05, 0.1) is 23.1 Å². The van der Waals surface area contributed by atoms with Gasteiger partial charge in [-0.1, -0.05) is 0 Å². The largest absolute Gasteiger partial charge is 0.419 e. The van der Waals surface area contributed by atoms with Crippen molar-refractivity contribution >= 4 is 5.69 Å². The fourth-order valence-electron chi connectivity index (χ4n) is 1.28. The van der Waals surface area contributed by atoms with Gasteiger partial charge in [-0.2, -0.15) is 18.3 Å². The summed E-state index contributed by atoms with van der Waals surface area (Å²) in [5.74, 6) is 0.298. The van der Waals surface area contributed by atoms with Crippen LogP contribution in [0.1, 0.15) is 11.3 Å². The normalized spacial score (nSPS) is 11.8. The highest BCUT2D eigenvalue weighted by Crippen LogP contribution is 2.29. The molecule has 0 spiro atoms. The van der Waals surface area contributed by atoms with E-state index < -0.39 is 11.7 Å². The number of aromatic nitrogens is 3. The van der Waals surface area contributed by atoms with E-state index in [0.717, 1.165) is 17.1 Å². The van der Waals surface area contributed by atoms with E-state index in [4.69, 9.17) is 5.73 Å². The second kappa shape index (κ2) is 3.76. The van der Waals surface area contributed by atoms with Crippen LogP contribution in [0.15, 0.2) is 24.5 Å². The van der Waals surface area contributed by atoms with Crippen molar-refractivity contribution in [2.24, 2.45) is 0 Å². The van der Waals surface area contributed by atoms with Gasteiger partial charge < -0.3 is 5.73 Å². The maximum atomic E-state index is 12.4. The Morgan fingerprint density at radius 3 is 2.53 bits per heavy atom. The van der Waals surface area contributed by atoms with Crippen molar-refractivity contribution in [1.82, 2.24) is 14.8 Å². The van der Waals surface area contributed by atoms with Gasteiger partial charge in [-0.25, -0.2) is 9.67 Å². The number of hydrogen-bond acceptors (Lipinski definition) is 3. The van der Waals surface area contributed by atoms with Crippen LogP contribution in [0.3, 0.4) is 0 Å². The lowest BCUT2D eigenvalue weighted by atomic mass is 10.3. The van der Waals surface area contributed by atoms with Crippen LogP contribution in [-0.4, -0.2) is 14.8 Å². The number of pyridine rings is 1. The minimum atomic E-state index is -4.40. The Kier molecular flexibility index (Phi) is 2.53. The lowest BCUT2D eigenvalue weighted by Crippen LogP contribution is -2.04. The van der Waals surface area contributed by atoms with Crippen molar-refractivity contribution < 1.29 is 13.2 Å². The molecule has 0 bridgehead atoms. The zero-order chi connectivity index (χ0) is 12.6. The zero-order valence-electron chi connectivity index (χ0n) is 8.86. The Labute approximate surface area is 94.9 Å². The fourth-order valence-corrected chi connectivity index (χ4v) is 1.28. The number of halogens is 3. The molecular formula is C10H9F3N4. The van der Waals surface area contributed by atoms with Gasteiger partial charge in [-0.05, 0) is 19.1 Å². The third-order valence-corrected chi connectivity index (χ3v) is 2.26. The minimum Gasteiger partial charge on any atom is -0.397 e. The molecule has 0 aliphatic carbocycles. The average Bonchev–Trinajstić information content (AvgIpc) is 2.70. The molecule has 0 atom stereocenters. The van der Waals surface area contributed by atoms with Crippen molar-refractivity contribution in [1.29, 1.82) is 0 Å². The molecule has 0 aromatic carbocycles. The Hall–Kier alpha value is -2.05. The number of alkyl halides is 3. The maximum absolute atomic E-state index is 12.4. The second-order valence-corrected chi connectivity index (χ2v) is 3.52. The van der Waals surface area contributed by atoms with Gasteiger partial charge in [0.1, 0.15) is 0 Å². The van der Waals surface area contributed by atoms with E-state index in [1.165, 1.54) is 6.07 Å². The molecule has 0 saturated heterocycles. The lowest BCUT2D eigenvalue weighted by molar-refractivity contribution is -0.137.